The van der Waals surface area contributed by atoms with Crippen LogP contribution < -0.4 is 10.1 Å². The minimum atomic E-state index is -1.16. The molecule has 1 aliphatic heterocycles. The maximum Gasteiger partial charge on any atom is 0.312 e. The zero-order valence-corrected chi connectivity index (χ0v) is 16.3. The summed E-state index contributed by atoms with van der Waals surface area (Å²) in [5.41, 5.74) is -1.72. The van der Waals surface area contributed by atoms with Gasteiger partial charge in [-0.05, 0) is 44.9 Å². The molecule has 1 aliphatic carbocycles. The molecule has 3 N–H and O–H groups in total. The minimum absolute atomic E-state index is 0.0784. The molecule has 2 fully saturated rings. The number of carbonyl (C=O) groups excluding carboxylic acids is 1. The zero-order chi connectivity index (χ0) is 20.7. The van der Waals surface area contributed by atoms with Gasteiger partial charge in [0.25, 0.3) is 5.91 Å². The molecule has 8 heteroatoms. The molecule has 0 spiro atoms. The van der Waals surface area contributed by atoms with Gasteiger partial charge in [-0.3, -0.25) is 19.3 Å². The number of ether oxygens (including phenoxy) is 1. The number of nitrogens with one attached hydrogen (secondary N) is 1. The van der Waals surface area contributed by atoms with Crippen LogP contribution in [0.3, 0.4) is 0 Å². The van der Waals surface area contributed by atoms with Crippen molar-refractivity contribution < 1.29 is 29.3 Å². The molecule has 1 saturated heterocycles. The van der Waals surface area contributed by atoms with Crippen molar-refractivity contribution in [2.75, 3.05) is 19.7 Å². The van der Waals surface area contributed by atoms with Crippen molar-refractivity contribution in [1.29, 1.82) is 0 Å². The predicted molar refractivity (Wildman–Crippen MR) is 99.9 cm³/mol. The molecule has 0 bridgehead atoms. The van der Waals surface area contributed by atoms with Gasteiger partial charge in [-0.15, -0.1) is 0 Å². The van der Waals surface area contributed by atoms with Crippen LogP contribution in [0.15, 0.2) is 24.3 Å². The van der Waals surface area contributed by atoms with Crippen LogP contribution in [-0.4, -0.2) is 58.2 Å². The first-order chi connectivity index (χ1) is 13.0. The Morgan fingerprint density at radius 1 is 1.07 bits per heavy atom. The summed E-state index contributed by atoms with van der Waals surface area (Å²) >= 11 is 0. The predicted octanol–water partition coefficient (Wildman–Crippen LogP) is 1.34. The monoisotopic (exact) mass is 390 g/mol. The van der Waals surface area contributed by atoms with Gasteiger partial charge in [-0.1, -0.05) is 12.1 Å². The number of piperidine rings is 1. The molecule has 1 aromatic carbocycles. The van der Waals surface area contributed by atoms with Gasteiger partial charge in [0.15, 0.2) is 6.61 Å². The summed E-state index contributed by atoms with van der Waals surface area (Å²) in [6, 6.07) is 7.16. The van der Waals surface area contributed by atoms with Crippen LogP contribution in [-0.2, 0) is 20.9 Å². The Labute approximate surface area is 163 Å². The normalized spacial score (nSPS) is 26.4. The van der Waals surface area contributed by atoms with Crippen LogP contribution in [0.2, 0.25) is 0 Å². The molecule has 152 valence electrons. The van der Waals surface area contributed by atoms with Crippen LogP contribution in [0.25, 0.3) is 0 Å². The molecule has 0 radical (unpaired) electrons. The van der Waals surface area contributed by atoms with E-state index in [0.29, 0.717) is 12.3 Å². The summed E-state index contributed by atoms with van der Waals surface area (Å²) in [4.78, 5) is 36.9. The molecule has 1 amide bonds. The third-order valence-electron chi connectivity index (χ3n) is 5.41. The second-order valence-electron chi connectivity index (χ2n) is 8.83. The number of likely N-dealkylation sites (tertiary alicyclic amines) is 1. The average molecular weight is 390 g/mol. The van der Waals surface area contributed by atoms with Gasteiger partial charge < -0.3 is 20.3 Å². The summed E-state index contributed by atoms with van der Waals surface area (Å²) in [6.07, 6.45) is 0.199. The summed E-state index contributed by atoms with van der Waals surface area (Å²) in [7, 11) is 0. The number of carbonyl (C=O) groups is 3. The fourth-order valence-electron chi connectivity index (χ4n) is 4.06. The number of hydrogen-bond donors (Lipinski definition) is 3. The van der Waals surface area contributed by atoms with Crippen molar-refractivity contribution in [3.63, 3.8) is 0 Å². The molecule has 1 aromatic rings. The topological polar surface area (TPSA) is 116 Å². The number of aliphatic carboxylic acids is 2. The second kappa shape index (κ2) is 6.77. The Balaban J connectivity index is 1.55. The van der Waals surface area contributed by atoms with E-state index < -0.39 is 22.8 Å². The maximum absolute atomic E-state index is 11.8. The molecule has 0 aromatic heterocycles. The number of fused-ring (bicyclic) bond motifs is 1. The van der Waals surface area contributed by atoms with E-state index in [1.165, 1.54) is 0 Å². The highest BCUT2D eigenvalue weighted by Crippen LogP contribution is 2.68. The third-order valence-corrected chi connectivity index (χ3v) is 5.41. The summed E-state index contributed by atoms with van der Waals surface area (Å²) in [5.74, 6) is -1.71. The number of carboxylic acid groups (broad SMARTS) is 2. The third kappa shape index (κ3) is 3.69. The fourth-order valence-corrected chi connectivity index (χ4v) is 4.06. The summed E-state index contributed by atoms with van der Waals surface area (Å²) < 4.78 is 5.48. The van der Waals surface area contributed by atoms with Gasteiger partial charge in [-0.25, -0.2) is 0 Å². The Bertz CT molecular complexity index is 772. The lowest BCUT2D eigenvalue weighted by molar-refractivity contribution is -0.151. The van der Waals surface area contributed by atoms with E-state index in [1.54, 1.807) is 12.1 Å². The molecule has 2 aliphatic rings. The molecule has 1 saturated carbocycles. The average Bonchev–Trinajstić information content (AvgIpc) is 3.12. The van der Waals surface area contributed by atoms with Gasteiger partial charge >= 0.3 is 11.9 Å². The van der Waals surface area contributed by atoms with Gasteiger partial charge in [0.05, 0.1) is 10.8 Å². The van der Waals surface area contributed by atoms with Gasteiger partial charge in [-0.2, -0.15) is 0 Å². The smallest absolute Gasteiger partial charge is 0.312 e. The van der Waals surface area contributed by atoms with Crippen molar-refractivity contribution in [3.05, 3.63) is 29.8 Å². The van der Waals surface area contributed by atoms with Crippen LogP contribution in [0, 0.1) is 10.8 Å². The first kappa shape index (κ1) is 20.1. The zero-order valence-electron chi connectivity index (χ0n) is 16.3. The Hall–Kier alpha value is -2.61. The van der Waals surface area contributed by atoms with Crippen LogP contribution in [0.4, 0.5) is 0 Å². The van der Waals surface area contributed by atoms with E-state index in [9.17, 15) is 24.6 Å². The molecule has 3 rings (SSSR count). The number of rotatable bonds is 7. The Kier molecular flexibility index (Phi) is 4.87. The van der Waals surface area contributed by atoms with Crippen molar-refractivity contribution in [2.24, 2.45) is 10.8 Å². The van der Waals surface area contributed by atoms with E-state index in [2.05, 4.69) is 5.32 Å². The number of benzene rings is 1. The van der Waals surface area contributed by atoms with E-state index in [1.807, 2.05) is 37.8 Å². The molecular weight excluding hydrogens is 364 g/mol. The van der Waals surface area contributed by atoms with Crippen molar-refractivity contribution in [3.8, 4) is 5.75 Å². The Morgan fingerprint density at radius 3 is 2.07 bits per heavy atom. The number of nitrogens with zero attached hydrogens (tertiary/aromatic N) is 1. The van der Waals surface area contributed by atoms with Gasteiger partial charge in [0, 0.05) is 25.2 Å². The second-order valence-corrected chi connectivity index (χ2v) is 8.83. The standard InChI is InChI=1S/C20H26N2O6/c1-18(2,3)21-15(23)9-28-14-6-4-13(5-7-14)8-22-11-19(16(24)25)10-20(19,12-22)17(26)27/h4-7H,8-12H2,1-3H3,(H,21,23)(H,24,25)(H,26,27)/t19-,20+. The van der Waals surface area contributed by atoms with Gasteiger partial charge in [0.2, 0.25) is 0 Å². The highest BCUT2D eigenvalue weighted by Gasteiger charge is 2.80. The molecular formula is C20H26N2O6. The number of amides is 1. The lowest BCUT2D eigenvalue weighted by Gasteiger charge is -2.21. The van der Waals surface area contributed by atoms with E-state index in [-0.39, 0.29) is 37.6 Å². The van der Waals surface area contributed by atoms with E-state index >= 15 is 0 Å². The molecule has 28 heavy (non-hydrogen) atoms. The molecule has 0 unspecified atom stereocenters. The lowest BCUT2D eigenvalue weighted by Crippen LogP contribution is -2.43. The first-order valence-corrected chi connectivity index (χ1v) is 9.19. The quantitative estimate of drug-likeness (QED) is 0.643. The number of carboxylic acids is 2. The summed E-state index contributed by atoms with van der Waals surface area (Å²) in [5, 5.41) is 21.8. The highest BCUT2D eigenvalue weighted by atomic mass is 16.5. The van der Waals surface area contributed by atoms with Crippen molar-refractivity contribution >= 4 is 17.8 Å². The fraction of sp³-hybridized carbons (Fsp3) is 0.550. The maximum atomic E-state index is 11.8. The highest BCUT2D eigenvalue weighted by molar-refractivity contribution is 5.94. The Morgan fingerprint density at radius 2 is 1.61 bits per heavy atom. The summed E-state index contributed by atoms with van der Waals surface area (Å²) in [6.45, 7) is 6.54. The van der Waals surface area contributed by atoms with Crippen LogP contribution in [0.1, 0.15) is 32.8 Å². The van der Waals surface area contributed by atoms with Crippen molar-refractivity contribution in [2.45, 2.75) is 39.3 Å². The lowest BCUT2D eigenvalue weighted by atomic mass is 9.97. The van der Waals surface area contributed by atoms with Crippen LogP contribution >= 0.6 is 0 Å². The first-order valence-electron chi connectivity index (χ1n) is 9.19. The van der Waals surface area contributed by atoms with Gasteiger partial charge in [0.1, 0.15) is 5.75 Å². The molecule has 2 atom stereocenters. The molecule has 8 nitrogen and oxygen atoms in total. The molecule has 1 heterocycles. The SMILES string of the molecule is CC(C)(C)NC(=O)COc1ccc(CN2C[C@@]3(C(=O)O)C[C@@]3(C(=O)O)C2)cc1. The van der Waals surface area contributed by atoms with E-state index in [0.717, 1.165) is 5.56 Å². The van der Waals surface area contributed by atoms with Crippen LogP contribution in [0.5, 0.6) is 5.75 Å². The number of hydrogen-bond acceptors (Lipinski definition) is 5. The largest absolute Gasteiger partial charge is 0.484 e. The van der Waals surface area contributed by atoms with Crippen molar-refractivity contribution in [1.82, 2.24) is 10.2 Å². The van der Waals surface area contributed by atoms with E-state index in [4.69, 9.17) is 4.74 Å². The minimum Gasteiger partial charge on any atom is -0.484 e.